The number of carboxylic acid groups (broad SMARTS) is 1. The zero-order chi connectivity index (χ0) is 11.5. The van der Waals surface area contributed by atoms with Crippen molar-refractivity contribution in [3.8, 4) is 0 Å². The van der Waals surface area contributed by atoms with Crippen molar-refractivity contribution < 1.29 is 14.6 Å². The van der Waals surface area contributed by atoms with Gasteiger partial charge in [0.2, 0.25) is 0 Å². The Morgan fingerprint density at radius 2 is 2.50 bits per heavy atom. The van der Waals surface area contributed by atoms with Gasteiger partial charge in [-0.05, 0) is 18.9 Å². The van der Waals surface area contributed by atoms with Crippen molar-refractivity contribution in [1.29, 1.82) is 0 Å². The number of rotatable bonds is 3. The van der Waals surface area contributed by atoms with E-state index in [2.05, 4.69) is 5.10 Å². The van der Waals surface area contributed by atoms with E-state index in [0.29, 0.717) is 13.2 Å². The lowest BCUT2D eigenvalue weighted by Crippen LogP contribution is -2.31. The smallest absolute Gasteiger partial charge is 0.341 e. The molecule has 1 aliphatic rings. The second-order valence-electron chi connectivity index (χ2n) is 3.67. The molecular weight excluding hydrogens is 212 g/mol. The quantitative estimate of drug-likeness (QED) is 0.788. The average Bonchev–Trinajstić information content (AvgIpc) is 2.73. The van der Waals surface area contributed by atoms with Gasteiger partial charge < -0.3 is 9.84 Å². The van der Waals surface area contributed by atoms with Crippen LogP contribution in [0.3, 0.4) is 0 Å². The minimum atomic E-state index is -1.23. The minimum Gasteiger partial charge on any atom is -0.477 e. The van der Waals surface area contributed by atoms with E-state index in [9.17, 15) is 9.59 Å². The molecule has 1 fully saturated rings. The third-order valence-corrected chi connectivity index (χ3v) is 2.54. The minimum absolute atomic E-state index is 0.0331. The molecule has 0 bridgehead atoms. The number of aromatic carboxylic acids is 1. The molecule has 6 nitrogen and oxygen atoms in total. The summed E-state index contributed by atoms with van der Waals surface area (Å²) in [6, 6.07) is 1.21. The number of nitrogens with zero attached hydrogens (tertiary/aromatic N) is 2. The van der Waals surface area contributed by atoms with Crippen LogP contribution >= 0.6 is 0 Å². The molecule has 1 unspecified atom stereocenters. The van der Waals surface area contributed by atoms with E-state index in [0.717, 1.165) is 17.5 Å². The molecule has 0 radical (unpaired) electrons. The second kappa shape index (κ2) is 4.44. The van der Waals surface area contributed by atoms with Crippen LogP contribution < -0.4 is 5.56 Å². The lowest BCUT2D eigenvalue weighted by atomic mass is 10.2. The number of carboxylic acids is 1. The topological polar surface area (TPSA) is 81.4 Å². The van der Waals surface area contributed by atoms with Crippen molar-refractivity contribution in [3.05, 3.63) is 28.2 Å². The summed E-state index contributed by atoms with van der Waals surface area (Å²) in [5.41, 5.74) is -0.835. The maximum Gasteiger partial charge on any atom is 0.341 e. The number of carbonyl (C=O) groups is 1. The normalized spacial score (nSPS) is 19.9. The Morgan fingerprint density at radius 3 is 3.12 bits per heavy atom. The highest BCUT2D eigenvalue weighted by Crippen LogP contribution is 2.12. The van der Waals surface area contributed by atoms with Crippen LogP contribution in [0.15, 0.2) is 17.1 Å². The molecule has 86 valence electrons. The van der Waals surface area contributed by atoms with Crippen LogP contribution in [0.2, 0.25) is 0 Å². The molecule has 1 N–H and O–H groups in total. The first-order valence-electron chi connectivity index (χ1n) is 5.09. The van der Waals surface area contributed by atoms with Crippen LogP contribution in [-0.2, 0) is 11.3 Å². The van der Waals surface area contributed by atoms with E-state index < -0.39 is 11.5 Å². The Bertz CT molecular complexity index is 448. The lowest BCUT2D eigenvalue weighted by molar-refractivity contribution is 0.0689. The molecule has 0 saturated carbocycles. The fourth-order valence-electron chi connectivity index (χ4n) is 1.73. The lowest BCUT2D eigenvalue weighted by Gasteiger charge is -2.10. The molecule has 1 atom stereocenters. The van der Waals surface area contributed by atoms with E-state index in [1.807, 2.05) is 0 Å². The van der Waals surface area contributed by atoms with Crippen molar-refractivity contribution >= 4 is 5.97 Å². The fourth-order valence-corrected chi connectivity index (χ4v) is 1.73. The second-order valence-corrected chi connectivity index (χ2v) is 3.67. The molecule has 0 aromatic carbocycles. The Balaban J connectivity index is 2.24. The van der Waals surface area contributed by atoms with Crippen LogP contribution in [0, 0.1) is 0 Å². The number of ether oxygens (including phenoxy) is 1. The van der Waals surface area contributed by atoms with Crippen molar-refractivity contribution in [3.63, 3.8) is 0 Å². The van der Waals surface area contributed by atoms with Gasteiger partial charge in [0.05, 0.1) is 12.6 Å². The molecule has 2 heterocycles. The summed E-state index contributed by atoms with van der Waals surface area (Å²) in [7, 11) is 0. The SMILES string of the molecule is O=C(O)c1ccnn(CC2CCCO2)c1=O. The van der Waals surface area contributed by atoms with Gasteiger partial charge in [-0.25, -0.2) is 9.48 Å². The first-order valence-corrected chi connectivity index (χ1v) is 5.09. The van der Waals surface area contributed by atoms with Gasteiger partial charge in [-0.2, -0.15) is 5.10 Å². The van der Waals surface area contributed by atoms with Gasteiger partial charge >= 0.3 is 5.97 Å². The van der Waals surface area contributed by atoms with E-state index >= 15 is 0 Å². The zero-order valence-electron chi connectivity index (χ0n) is 8.63. The Morgan fingerprint density at radius 1 is 1.69 bits per heavy atom. The summed E-state index contributed by atoms with van der Waals surface area (Å²) >= 11 is 0. The summed E-state index contributed by atoms with van der Waals surface area (Å²) < 4.78 is 6.52. The molecule has 0 aliphatic carbocycles. The Kier molecular flexibility index (Phi) is 3.00. The molecular formula is C10H12N2O4. The van der Waals surface area contributed by atoms with Crippen LogP contribution in [-0.4, -0.2) is 33.6 Å². The van der Waals surface area contributed by atoms with Gasteiger partial charge in [0.25, 0.3) is 5.56 Å². The highest BCUT2D eigenvalue weighted by molar-refractivity contribution is 5.86. The molecule has 2 rings (SSSR count). The molecule has 1 aromatic rings. The van der Waals surface area contributed by atoms with Gasteiger partial charge in [0, 0.05) is 12.8 Å². The van der Waals surface area contributed by atoms with Crippen LogP contribution in [0.25, 0.3) is 0 Å². The summed E-state index contributed by atoms with van der Waals surface area (Å²) in [6.45, 7) is 1.01. The molecule has 1 aromatic heterocycles. The molecule has 1 saturated heterocycles. The highest BCUT2D eigenvalue weighted by atomic mass is 16.5. The van der Waals surface area contributed by atoms with Gasteiger partial charge in [-0.3, -0.25) is 4.79 Å². The summed E-state index contributed by atoms with van der Waals surface area (Å²) in [5, 5.41) is 12.6. The molecule has 1 aliphatic heterocycles. The summed E-state index contributed by atoms with van der Waals surface area (Å²) in [5.74, 6) is -1.23. The standard InChI is InChI=1S/C10H12N2O4/c13-9-8(10(14)15)3-4-11-12(9)6-7-2-1-5-16-7/h3-4,7H,1-2,5-6H2,(H,14,15). The average molecular weight is 224 g/mol. The zero-order valence-corrected chi connectivity index (χ0v) is 8.63. The van der Waals surface area contributed by atoms with Gasteiger partial charge in [0.1, 0.15) is 5.56 Å². The molecule has 0 spiro atoms. The number of hydrogen-bond acceptors (Lipinski definition) is 4. The van der Waals surface area contributed by atoms with Crippen molar-refractivity contribution in [2.75, 3.05) is 6.61 Å². The van der Waals surface area contributed by atoms with Gasteiger partial charge in [-0.1, -0.05) is 0 Å². The van der Waals surface area contributed by atoms with E-state index in [1.54, 1.807) is 0 Å². The van der Waals surface area contributed by atoms with Gasteiger partial charge in [0.15, 0.2) is 0 Å². The third-order valence-electron chi connectivity index (χ3n) is 2.54. The monoisotopic (exact) mass is 224 g/mol. The fraction of sp³-hybridized carbons (Fsp3) is 0.500. The predicted molar refractivity (Wildman–Crippen MR) is 54.4 cm³/mol. The first kappa shape index (κ1) is 10.8. The molecule has 16 heavy (non-hydrogen) atoms. The predicted octanol–water partition coefficient (Wildman–Crippen LogP) is 0.121. The first-order chi connectivity index (χ1) is 7.68. The summed E-state index contributed by atoms with van der Waals surface area (Å²) in [4.78, 5) is 22.4. The summed E-state index contributed by atoms with van der Waals surface area (Å²) in [6.07, 6.45) is 3.14. The Labute approximate surface area is 91.5 Å². The van der Waals surface area contributed by atoms with Crippen LogP contribution in [0.5, 0.6) is 0 Å². The van der Waals surface area contributed by atoms with Gasteiger partial charge in [-0.15, -0.1) is 0 Å². The molecule has 0 amide bonds. The van der Waals surface area contributed by atoms with E-state index in [-0.39, 0.29) is 11.7 Å². The molecule has 6 heteroatoms. The van der Waals surface area contributed by atoms with Crippen LogP contribution in [0.1, 0.15) is 23.2 Å². The maximum absolute atomic E-state index is 11.7. The van der Waals surface area contributed by atoms with Crippen molar-refractivity contribution in [2.24, 2.45) is 0 Å². The van der Waals surface area contributed by atoms with Crippen LogP contribution in [0.4, 0.5) is 0 Å². The Hall–Kier alpha value is -1.69. The maximum atomic E-state index is 11.7. The largest absolute Gasteiger partial charge is 0.477 e. The third kappa shape index (κ3) is 2.11. The van der Waals surface area contributed by atoms with Crippen molar-refractivity contribution in [1.82, 2.24) is 9.78 Å². The van der Waals surface area contributed by atoms with E-state index in [1.165, 1.54) is 12.3 Å². The van der Waals surface area contributed by atoms with Crippen molar-refractivity contribution in [2.45, 2.75) is 25.5 Å². The number of aromatic nitrogens is 2. The highest BCUT2D eigenvalue weighted by Gasteiger charge is 2.18. The van der Waals surface area contributed by atoms with E-state index in [4.69, 9.17) is 9.84 Å². The number of hydrogen-bond donors (Lipinski definition) is 1.